The molecule has 6 aromatic carbocycles. The predicted molar refractivity (Wildman–Crippen MR) is 175 cm³/mol. The van der Waals surface area contributed by atoms with Crippen LogP contribution in [0, 0.1) is 22.7 Å². The van der Waals surface area contributed by atoms with Gasteiger partial charge in [-0.2, -0.15) is 10.5 Å². The van der Waals surface area contributed by atoms with Gasteiger partial charge in [0, 0.05) is 44.6 Å². The van der Waals surface area contributed by atoms with E-state index >= 15 is 0 Å². The Kier molecular flexibility index (Phi) is 4.80. The van der Waals surface area contributed by atoms with E-state index in [-0.39, 0.29) is 6.71 Å². The third kappa shape index (κ3) is 3.09. The summed E-state index contributed by atoms with van der Waals surface area (Å²) in [6.07, 6.45) is 0. The van der Waals surface area contributed by atoms with E-state index < -0.39 is 0 Å². The Labute approximate surface area is 249 Å². The maximum atomic E-state index is 10.2. The lowest BCUT2D eigenvalue weighted by molar-refractivity contribution is 1.18. The number of anilines is 3. The van der Waals surface area contributed by atoms with Gasteiger partial charge in [-0.25, -0.2) is 0 Å². The quantitative estimate of drug-likeness (QED) is 0.225. The molecule has 7 aromatic rings. The van der Waals surface area contributed by atoms with E-state index in [0.29, 0.717) is 16.7 Å². The van der Waals surface area contributed by atoms with Crippen molar-refractivity contribution in [3.05, 3.63) is 139 Å². The van der Waals surface area contributed by atoms with Crippen LogP contribution in [0.5, 0.6) is 0 Å². The minimum absolute atomic E-state index is 0.0253. The third-order valence-corrected chi connectivity index (χ3v) is 9.04. The van der Waals surface area contributed by atoms with E-state index in [1.165, 1.54) is 32.7 Å². The largest absolute Gasteiger partial charge is 0.311 e. The summed E-state index contributed by atoms with van der Waals surface area (Å²) in [5.41, 5.74) is 12.9. The normalized spacial score (nSPS) is 12.5. The fourth-order valence-corrected chi connectivity index (χ4v) is 7.41. The summed E-state index contributed by atoms with van der Waals surface area (Å²) < 4.78 is 2.40. The fraction of sp³-hybridized carbons (Fsp3) is 0. The van der Waals surface area contributed by atoms with Crippen LogP contribution in [0.1, 0.15) is 11.1 Å². The maximum absolute atomic E-state index is 10.2. The van der Waals surface area contributed by atoms with Crippen molar-refractivity contribution in [3.8, 4) is 29.0 Å². The Morgan fingerprint density at radius 1 is 0.558 bits per heavy atom. The molecule has 0 unspecified atom stereocenters. The Bertz CT molecular complexity index is 2360. The summed E-state index contributed by atoms with van der Waals surface area (Å²) in [6.45, 7) is 0.0253. The van der Waals surface area contributed by atoms with Crippen LogP contribution in [0.3, 0.4) is 0 Å². The Morgan fingerprint density at radius 2 is 1.21 bits per heavy atom. The molecule has 0 radical (unpaired) electrons. The summed E-state index contributed by atoms with van der Waals surface area (Å²) in [5, 5.41) is 22.8. The molecular formula is C38H21BN4. The molecule has 0 fully saturated rings. The van der Waals surface area contributed by atoms with Gasteiger partial charge in [0.1, 0.15) is 0 Å². The molecule has 2 aliphatic heterocycles. The van der Waals surface area contributed by atoms with E-state index in [9.17, 15) is 10.5 Å². The van der Waals surface area contributed by atoms with Crippen LogP contribution >= 0.6 is 0 Å². The number of fused-ring (bicyclic) bond motifs is 7. The zero-order valence-electron chi connectivity index (χ0n) is 23.0. The van der Waals surface area contributed by atoms with Crippen molar-refractivity contribution in [2.45, 2.75) is 0 Å². The number of hydrogen-bond acceptors (Lipinski definition) is 3. The molecule has 5 heteroatoms. The first-order valence-corrected chi connectivity index (χ1v) is 14.4. The molecule has 3 heterocycles. The molecule has 0 amide bonds. The van der Waals surface area contributed by atoms with Gasteiger partial charge in [0.05, 0.1) is 28.8 Å². The standard InChI is InChI=1S/C38H21BN4/c40-22-24-10-8-11-25(23-41)36(24)26-20-34-37-35(21-26)43-32-18-6-4-14-28(32)29-15-9-17-31(38(29)43)39(37)30-16-5-7-19-33(30)42(34)27-12-2-1-3-13-27/h1-21H. The van der Waals surface area contributed by atoms with Crippen molar-refractivity contribution in [2.75, 3.05) is 4.90 Å². The first-order chi connectivity index (χ1) is 21.3. The molecule has 196 valence electrons. The van der Waals surface area contributed by atoms with Gasteiger partial charge >= 0.3 is 0 Å². The number of aromatic nitrogens is 1. The van der Waals surface area contributed by atoms with Gasteiger partial charge in [0.15, 0.2) is 0 Å². The Morgan fingerprint density at radius 3 is 2.02 bits per heavy atom. The molecule has 43 heavy (non-hydrogen) atoms. The molecule has 2 aliphatic rings. The number of benzene rings is 6. The lowest BCUT2D eigenvalue weighted by Gasteiger charge is -2.40. The second-order valence-corrected chi connectivity index (χ2v) is 11.1. The fourth-order valence-electron chi connectivity index (χ4n) is 7.41. The van der Waals surface area contributed by atoms with Crippen LogP contribution in [0.4, 0.5) is 17.1 Å². The predicted octanol–water partition coefficient (Wildman–Crippen LogP) is 6.81. The summed E-state index contributed by atoms with van der Waals surface area (Å²) in [7, 11) is 0. The van der Waals surface area contributed by atoms with E-state index in [2.05, 4.69) is 125 Å². The summed E-state index contributed by atoms with van der Waals surface area (Å²) in [4.78, 5) is 2.34. The lowest BCUT2D eigenvalue weighted by Crippen LogP contribution is -2.60. The second kappa shape index (κ2) is 8.73. The zero-order chi connectivity index (χ0) is 28.7. The van der Waals surface area contributed by atoms with Gasteiger partial charge in [0.2, 0.25) is 0 Å². The van der Waals surface area contributed by atoms with E-state index in [4.69, 9.17) is 0 Å². The number of nitriles is 2. The van der Waals surface area contributed by atoms with Gasteiger partial charge in [-0.05, 0) is 70.5 Å². The third-order valence-electron chi connectivity index (χ3n) is 9.04. The van der Waals surface area contributed by atoms with Gasteiger partial charge in [-0.3, -0.25) is 0 Å². The molecule has 1 aromatic heterocycles. The second-order valence-electron chi connectivity index (χ2n) is 11.1. The summed E-state index contributed by atoms with van der Waals surface area (Å²) in [6, 6.07) is 48.9. The van der Waals surface area contributed by atoms with Crippen molar-refractivity contribution in [1.82, 2.24) is 4.57 Å². The highest BCUT2D eigenvalue weighted by Crippen LogP contribution is 2.43. The zero-order valence-corrected chi connectivity index (χ0v) is 23.0. The summed E-state index contributed by atoms with van der Waals surface area (Å²) in [5.74, 6) is 0. The first kappa shape index (κ1) is 23.6. The molecule has 0 bridgehead atoms. The topological polar surface area (TPSA) is 55.8 Å². The smallest absolute Gasteiger partial charge is 0.252 e. The highest BCUT2D eigenvalue weighted by molar-refractivity contribution is 7.00. The van der Waals surface area contributed by atoms with Crippen LogP contribution in [-0.4, -0.2) is 11.3 Å². The molecule has 9 rings (SSSR count). The molecule has 0 N–H and O–H groups in total. The van der Waals surface area contributed by atoms with Crippen molar-refractivity contribution < 1.29 is 0 Å². The lowest BCUT2D eigenvalue weighted by atomic mass is 9.33. The van der Waals surface area contributed by atoms with Crippen molar-refractivity contribution in [1.29, 1.82) is 10.5 Å². The van der Waals surface area contributed by atoms with Crippen LogP contribution in [-0.2, 0) is 0 Å². The van der Waals surface area contributed by atoms with Crippen LogP contribution in [0.15, 0.2) is 127 Å². The molecule has 0 aliphatic carbocycles. The van der Waals surface area contributed by atoms with E-state index in [1.807, 2.05) is 6.07 Å². The highest BCUT2D eigenvalue weighted by atomic mass is 15.2. The minimum Gasteiger partial charge on any atom is -0.311 e. The first-order valence-electron chi connectivity index (χ1n) is 14.4. The van der Waals surface area contributed by atoms with Gasteiger partial charge in [-0.1, -0.05) is 78.9 Å². The van der Waals surface area contributed by atoms with Crippen LogP contribution in [0.2, 0.25) is 0 Å². The van der Waals surface area contributed by atoms with Gasteiger partial charge < -0.3 is 9.47 Å². The van der Waals surface area contributed by atoms with Crippen LogP contribution < -0.4 is 21.3 Å². The molecule has 4 nitrogen and oxygen atoms in total. The molecule has 0 saturated carbocycles. The Balaban J connectivity index is 1.51. The number of para-hydroxylation sites is 4. The number of hydrogen-bond donors (Lipinski definition) is 0. The monoisotopic (exact) mass is 544 g/mol. The number of nitrogens with zero attached hydrogens (tertiary/aromatic N) is 4. The van der Waals surface area contributed by atoms with Crippen molar-refractivity contribution >= 4 is 62.0 Å². The molecule has 0 spiro atoms. The average molecular weight is 544 g/mol. The average Bonchev–Trinajstić information content (AvgIpc) is 3.41. The van der Waals surface area contributed by atoms with Gasteiger partial charge in [-0.15, -0.1) is 0 Å². The number of rotatable bonds is 2. The van der Waals surface area contributed by atoms with Crippen molar-refractivity contribution in [3.63, 3.8) is 0 Å². The molecule has 0 saturated heterocycles. The van der Waals surface area contributed by atoms with E-state index in [0.717, 1.165) is 33.8 Å². The van der Waals surface area contributed by atoms with Gasteiger partial charge in [0.25, 0.3) is 6.71 Å². The van der Waals surface area contributed by atoms with Crippen molar-refractivity contribution in [2.24, 2.45) is 0 Å². The van der Waals surface area contributed by atoms with Crippen LogP contribution in [0.25, 0.3) is 38.6 Å². The maximum Gasteiger partial charge on any atom is 0.252 e. The highest BCUT2D eigenvalue weighted by Gasteiger charge is 2.42. The molecule has 0 atom stereocenters. The molecular weight excluding hydrogens is 523 g/mol. The Hall–Kier alpha value is -6.04. The van der Waals surface area contributed by atoms with E-state index in [1.54, 1.807) is 18.2 Å². The SMILES string of the molecule is N#Cc1cccc(C#N)c1-c1cc2c3c(c1)-n1c4ccccc4c4cccc(c41)B3c1ccccc1N2c1ccccc1. The summed E-state index contributed by atoms with van der Waals surface area (Å²) >= 11 is 0. The minimum atomic E-state index is 0.0253.